The Kier molecular flexibility index (Phi) is 9.92. The normalized spacial score (nSPS) is 15.1. The summed E-state index contributed by atoms with van der Waals surface area (Å²) < 4.78 is 44.6. The van der Waals surface area contributed by atoms with Gasteiger partial charge < -0.3 is 30.0 Å². The highest BCUT2D eigenvalue weighted by Crippen LogP contribution is 2.35. The quantitative estimate of drug-likeness (QED) is 0.160. The molecule has 43 heavy (non-hydrogen) atoms. The number of amides is 1. The third-order valence-electron chi connectivity index (χ3n) is 7.03. The lowest BCUT2D eigenvalue weighted by atomic mass is 10.2. The minimum Gasteiger partial charge on any atom is -0.491 e. The molecule has 12 nitrogen and oxygen atoms in total. The van der Waals surface area contributed by atoms with Crippen molar-refractivity contribution in [3.63, 3.8) is 0 Å². The number of carbonyl (C=O) groups excluding carboxylic acids is 1. The first-order valence-electron chi connectivity index (χ1n) is 13.9. The van der Waals surface area contributed by atoms with Gasteiger partial charge in [0.2, 0.25) is 5.91 Å². The van der Waals surface area contributed by atoms with E-state index in [1.54, 1.807) is 25.3 Å². The fourth-order valence-corrected chi connectivity index (χ4v) is 4.94. The highest BCUT2D eigenvalue weighted by atomic mass is 19.2. The van der Waals surface area contributed by atoms with Crippen molar-refractivity contribution in [1.82, 2.24) is 25.1 Å². The molecule has 1 atom stereocenters. The largest absolute Gasteiger partial charge is 0.491 e. The van der Waals surface area contributed by atoms with Gasteiger partial charge in [-0.05, 0) is 31.5 Å². The molecule has 1 amide bonds. The van der Waals surface area contributed by atoms with Crippen LogP contribution in [0.2, 0.25) is 0 Å². The molecule has 0 saturated carbocycles. The van der Waals surface area contributed by atoms with Crippen LogP contribution in [0.3, 0.4) is 0 Å². The number of fused-ring (bicyclic) bond motifs is 1. The Morgan fingerprint density at radius 2 is 2.05 bits per heavy atom. The maximum atomic E-state index is 13.9. The number of methoxy groups -OCH3 is 1. The van der Waals surface area contributed by atoms with Crippen LogP contribution in [0.25, 0.3) is 10.9 Å². The van der Waals surface area contributed by atoms with Gasteiger partial charge in [-0.3, -0.25) is 14.8 Å². The first-order chi connectivity index (χ1) is 20.9. The third kappa shape index (κ3) is 7.52. The fourth-order valence-electron chi connectivity index (χ4n) is 4.94. The van der Waals surface area contributed by atoms with Crippen LogP contribution in [-0.4, -0.2) is 88.7 Å². The van der Waals surface area contributed by atoms with Gasteiger partial charge >= 0.3 is 0 Å². The van der Waals surface area contributed by atoms with Crippen molar-refractivity contribution in [2.24, 2.45) is 0 Å². The predicted octanol–water partition coefficient (Wildman–Crippen LogP) is 3.42. The summed E-state index contributed by atoms with van der Waals surface area (Å²) in [5.41, 5.74) is 0.763. The molecule has 0 bridgehead atoms. The van der Waals surface area contributed by atoms with E-state index in [2.05, 4.69) is 35.7 Å². The molecule has 1 saturated heterocycles. The van der Waals surface area contributed by atoms with Gasteiger partial charge in [0.05, 0.1) is 36.2 Å². The topological polar surface area (TPSA) is 147 Å². The molecular weight excluding hydrogens is 564 g/mol. The molecule has 228 valence electrons. The van der Waals surface area contributed by atoms with Gasteiger partial charge in [-0.25, -0.2) is 18.7 Å². The standard InChI is InChI=1S/C29H33F2N7O5/c1-41-10-11-42-20-14-23-27(24(15-20)43-9-8-38-7-3-4-19(38)16-39)29(33-17-32-23)35-25-12-18(36-37-25)13-26(40)34-22-6-2-5-21(30)28(22)31/h2,5-6,12,14-15,17,19,39H,3-4,7-11,13,16H2,1H3,(H,34,40)(H2,32,33,35,36,37)/t19-/m1/s1. The molecule has 4 N–H and O–H groups in total. The average Bonchev–Trinajstić information content (AvgIpc) is 3.64. The van der Waals surface area contributed by atoms with Crippen LogP contribution >= 0.6 is 0 Å². The molecule has 3 heterocycles. The second-order valence-corrected chi connectivity index (χ2v) is 9.97. The number of aliphatic hydroxyl groups is 1. The summed E-state index contributed by atoms with van der Waals surface area (Å²) in [7, 11) is 1.60. The van der Waals surface area contributed by atoms with E-state index in [-0.39, 0.29) is 24.8 Å². The van der Waals surface area contributed by atoms with Gasteiger partial charge in [0.1, 0.15) is 36.9 Å². The highest BCUT2D eigenvalue weighted by molar-refractivity contribution is 5.96. The van der Waals surface area contributed by atoms with Crippen molar-refractivity contribution in [2.45, 2.75) is 25.3 Å². The van der Waals surface area contributed by atoms with Gasteiger partial charge in [0.25, 0.3) is 0 Å². The Bertz CT molecular complexity index is 1550. The monoisotopic (exact) mass is 597 g/mol. The minimum atomic E-state index is -1.13. The molecule has 4 aromatic rings. The van der Waals surface area contributed by atoms with Crippen molar-refractivity contribution in [3.05, 3.63) is 60.1 Å². The van der Waals surface area contributed by atoms with Crippen LogP contribution in [0.1, 0.15) is 18.5 Å². The van der Waals surface area contributed by atoms with E-state index in [0.29, 0.717) is 66.1 Å². The van der Waals surface area contributed by atoms with Crippen LogP contribution < -0.4 is 20.1 Å². The van der Waals surface area contributed by atoms with Gasteiger partial charge in [-0.15, -0.1) is 0 Å². The summed E-state index contributed by atoms with van der Waals surface area (Å²) in [5.74, 6) is -0.884. The Morgan fingerprint density at radius 1 is 1.16 bits per heavy atom. The number of halogens is 2. The maximum absolute atomic E-state index is 13.9. The number of anilines is 3. The van der Waals surface area contributed by atoms with E-state index >= 15 is 0 Å². The Morgan fingerprint density at radius 3 is 2.88 bits per heavy atom. The summed E-state index contributed by atoms with van der Waals surface area (Å²) in [4.78, 5) is 23.5. The van der Waals surface area contributed by atoms with Crippen molar-refractivity contribution >= 4 is 34.1 Å². The van der Waals surface area contributed by atoms with Gasteiger partial charge in [-0.2, -0.15) is 5.10 Å². The van der Waals surface area contributed by atoms with Crippen LogP contribution in [0, 0.1) is 11.6 Å². The molecule has 14 heteroatoms. The van der Waals surface area contributed by atoms with E-state index in [0.717, 1.165) is 25.5 Å². The number of nitrogens with one attached hydrogen (secondary N) is 3. The summed E-state index contributed by atoms with van der Waals surface area (Å²) >= 11 is 0. The highest BCUT2D eigenvalue weighted by Gasteiger charge is 2.23. The zero-order valence-corrected chi connectivity index (χ0v) is 23.6. The number of carbonyl (C=O) groups is 1. The number of aliphatic hydroxyl groups excluding tert-OH is 1. The smallest absolute Gasteiger partial charge is 0.230 e. The first-order valence-corrected chi connectivity index (χ1v) is 13.9. The van der Waals surface area contributed by atoms with E-state index in [1.807, 2.05) is 0 Å². The Labute approximate surface area is 246 Å². The number of nitrogens with zero attached hydrogens (tertiary/aromatic N) is 4. The minimum absolute atomic E-state index is 0.114. The van der Waals surface area contributed by atoms with Crippen molar-refractivity contribution in [3.8, 4) is 11.5 Å². The number of benzene rings is 2. The predicted molar refractivity (Wildman–Crippen MR) is 155 cm³/mol. The molecule has 2 aromatic carbocycles. The SMILES string of the molecule is COCCOc1cc(OCCN2CCC[C@@H]2CO)c2c(Nc3cc(CC(=O)Nc4cccc(F)c4F)[nH]n3)ncnc2c1. The van der Waals surface area contributed by atoms with Gasteiger partial charge in [0.15, 0.2) is 17.5 Å². The van der Waals surface area contributed by atoms with Crippen molar-refractivity contribution in [2.75, 3.05) is 57.3 Å². The number of aromatic amines is 1. The molecule has 1 aliphatic rings. The number of ether oxygens (including phenoxy) is 3. The number of H-pyrrole nitrogens is 1. The zero-order chi connectivity index (χ0) is 30.2. The zero-order valence-electron chi connectivity index (χ0n) is 23.6. The van der Waals surface area contributed by atoms with Crippen LogP contribution in [0.4, 0.5) is 26.1 Å². The summed E-state index contributed by atoms with van der Waals surface area (Å²) in [6.07, 6.45) is 3.24. The molecule has 0 spiro atoms. The molecule has 1 aliphatic heterocycles. The van der Waals surface area contributed by atoms with E-state index in [4.69, 9.17) is 14.2 Å². The average molecular weight is 598 g/mol. The van der Waals surface area contributed by atoms with E-state index in [9.17, 15) is 18.7 Å². The molecule has 5 rings (SSSR count). The summed E-state index contributed by atoms with van der Waals surface area (Å²) in [6.45, 7) is 2.79. The van der Waals surface area contributed by atoms with Gasteiger partial charge in [0, 0.05) is 43.6 Å². The second-order valence-electron chi connectivity index (χ2n) is 9.97. The Hall–Kier alpha value is -4.40. The van der Waals surface area contributed by atoms with Crippen molar-refractivity contribution in [1.29, 1.82) is 0 Å². The lowest BCUT2D eigenvalue weighted by Gasteiger charge is -2.23. The fraction of sp³-hybridized carbons (Fsp3) is 0.379. The molecule has 0 aliphatic carbocycles. The molecular formula is C29H33F2N7O5. The summed E-state index contributed by atoms with van der Waals surface area (Å²) in [6, 6.07) is 8.85. The number of aromatic nitrogens is 4. The van der Waals surface area contributed by atoms with E-state index in [1.165, 1.54) is 18.5 Å². The van der Waals surface area contributed by atoms with Crippen LogP contribution in [0.15, 0.2) is 42.7 Å². The van der Waals surface area contributed by atoms with Gasteiger partial charge in [-0.1, -0.05) is 6.07 Å². The number of rotatable bonds is 14. The third-order valence-corrected chi connectivity index (χ3v) is 7.03. The van der Waals surface area contributed by atoms with Crippen LogP contribution in [-0.2, 0) is 16.0 Å². The molecule has 2 aromatic heterocycles. The first kappa shape index (κ1) is 30.1. The lowest BCUT2D eigenvalue weighted by molar-refractivity contribution is -0.115. The molecule has 0 radical (unpaired) electrons. The van der Waals surface area contributed by atoms with Crippen molar-refractivity contribution < 1.29 is 32.9 Å². The molecule has 1 fully saturated rings. The number of hydrogen-bond acceptors (Lipinski definition) is 10. The number of hydrogen-bond donors (Lipinski definition) is 4. The lowest BCUT2D eigenvalue weighted by Crippen LogP contribution is -2.35. The van der Waals surface area contributed by atoms with E-state index < -0.39 is 17.5 Å². The second kappa shape index (κ2) is 14.2. The van der Waals surface area contributed by atoms with Crippen LogP contribution in [0.5, 0.6) is 11.5 Å². The molecule has 0 unspecified atom stereocenters. The Balaban J connectivity index is 1.32. The number of likely N-dealkylation sites (tertiary alicyclic amines) is 1. The maximum Gasteiger partial charge on any atom is 0.230 e. The summed E-state index contributed by atoms with van der Waals surface area (Å²) in [5, 5.41) is 22.8.